The van der Waals surface area contributed by atoms with E-state index in [1.807, 2.05) is 6.07 Å². The third-order valence-electron chi connectivity index (χ3n) is 7.16. The second-order valence-corrected chi connectivity index (χ2v) is 11.8. The summed E-state index contributed by atoms with van der Waals surface area (Å²) in [5, 5.41) is 8.55. The summed E-state index contributed by atoms with van der Waals surface area (Å²) < 4.78 is 94.2. The number of hydrogen-bond acceptors (Lipinski definition) is 4. The summed E-state index contributed by atoms with van der Waals surface area (Å²) in [5.41, 5.74) is -2.22. The van der Waals surface area contributed by atoms with Crippen LogP contribution in [0.15, 0.2) is 71.6 Å². The Balaban J connectivity index is 1.61. The van der Waals surface area contributed by atoms with Gasteiger partial charge in [0.25, 0.3) is 5.91 Å². The first kappa shape index (κ1) is 30.7. The highest BCUT2D eigenvalue weighted by Gasteiger charge is 2.38. The van der Waals surface area contributed by atoms with E-state index in [9.17, 15) is 35.3 Å². The van der Waals surface area contributed by atoms with E-state index in [4.69, 9.17) is 11.6 Å². The number of likely N-dealkylation sites (tertiary alicyclic amines) is 1. The quantitative estimate of drug-likeness (QED) is 0.206. The molecule has 0 spiro atoms. The van der Waals surface area contributed by atoms with Crippen LogP contribution in [0, 0.1) is 0 Å². The Morgan fingerprint density at radius 3 is 2.19 bits per heavy atom. The molecule has 2 heterocycles. The maximum Gasteiger partial charge on any atom is 0.416 e. The van der Waals surface area contributed by atoms with E-state index in [-0.39, 0.29) is 29.1 Å². The molecule has 1 unspecified atom stereocenters. The van der Waals surface area contributed by atoms with Crippen LogP contribution < -0.4 is 0 Å². The molecule has 14 heteroatoms. The lowest BCUT2D eigenvalue weighted by atomic mass is 10.0. The van der Waals surface area contributed by atoms with Crippen LogP contribution in [0.25, 0.3) is 11.3 Å². The van der Waals surface area contributed by atoms with Crippen molar-refractivity contribution in [3.8, 4) is 11.3 Å². The molecule has 0 radical (unpaired) electrons. The SMILES string of the molecule is CS(=O)c1ccc(-c2c(C(=O)N3CCC[C@@H]3c3ccccc3Cl)nnn2Cc2cc(C(F)(F)F)cc(C(F)(F)F)c2)cc1. The number of nitrogens with zero attached hydrogens (tertiary/aromatic N) is 4. The number of amides is 1. The van der Waals surface area contributed by atoms with Gasteiger partial charge < -0.3 is 4.90 Å². The highest BCUT2D eigenvalue weighted by atomic mass is 35.5. The van der Waals surface area contributed by atoms with Gasteiger partial charge in [-0.3, -0.25) is 9.00 Å². The molecule has 5 rings (SSSR count). The summed E-state index contributed by atoms with van der Waals surface area (Å²) >= 11 is 6.42. The van der Waals surface area contributed by atoms with Gasteiger partial charge in [-0.25, -0.2) is 4.68 Å². The number of rotatable bonds is 6. The first-order valence-electron chi connectivity index (χ1n) is 12.9. The number of hydrogen-bond donors (Lipinski definition) is 0. The fourth-order valence-corrected chi connectivity index (χ4v) is 5.94. The minimum Gasteiger partial charge on any atom is -0.330 e. The van der Waals surface area contributed by atoms with Crippen molar-refractivity contribution in [3.05, 3.63) is 99.7 Å². The number of carbonyl (C=O) groups is 1. The normalized spacial score (nSPS) is 16.5. The lowest BCUT2D eigenvalue weighted by molar-refractivity contribution is -0.143. The summed E-state index contributed by atoms with van der Waals surface area (Å²) in [5.74, 6) is -0.521. The minimum absolute atomic E-state index is 0.0481. The van der Waals surface area contributed by atoms with Crippen molar-refractivity contribution in [2.24, 2.45) is 0 Å². The van der Waals surface area contributed by atoms with Crippen LogP contribution in [0.4, 0.5) is 26.3 Å². The summed E-state index contributed by atoms with van der Waals surface area (Å²) in [6, 6.07) is 14.2. The second kappa shape index (κ2) is 11.8. The predicted octanol–water partition coefficient (Wildman–Crippen LogP) is 7.40. The molecule has 3 aromatic carbocycles. The third-order valence-corrected chi connectivity index (χ3v) is 8.44. The Morgan fingerprint density at radius 1 is 0.977 bits per heavy atom. The molecule has 0 saturated carbocycles. The highest BCUT2D eigenvalue weighted by Crippen LogP contribution is 2.39. The van der Waals surface area contributed by atoms with Gasteiger partial charge in [0.1, 0.15) is 5.69 Å². The Kier molecular flexibility index (Phi) is 8.41. The molecule has 1 amide bonds. The molecule has 1 saturated heterocycles. The number of alkyl halides is 6. The smallest absolute Gasteiger partial charge is 0.330 e. The van der Waals surface area contributed by atoms with Gasteiger partial charge in [0.2, 0.25) is 0 Å². The monoisotopic (exact) mass is 640 g/mol. The van der Waals surface area contributed by atoms with E-state index < -0.39 is 46.7 Å². The fraction of sp³-hybridized carbons (Fsp3) is 0.276. The minimum atomic E-state index is -5.03. The van der Waals surface area contributed by atoms with Gasteiger partial charge in [0.05, 0.1) is 23.7 Å². The average molecular weight is 641 g/mol. The van der Waals surface area contributed by atoms with E-state index >= 15 is 0 Å². The van der Waals surface area contributed by atoms with Crippen molar-refractivity contribution in [2.75, 3.05) is 12.8 Å². The molecule has 226 valence electrons. The van der Waals surface area contributed by atoms with Crippen LogP contribution in [0.5, 0.6) is 0 Å². The summed E-state index contributed by atoms with van der Waals surface area (Å²) in [7, 11) is -1.33. The van der Waals surface area contributed by atoms with Gasteiger partial charge in [0, 0.05) is 39.1 Å². The maximum absolute atomic E-state index is 14.0. The van der Waals surface area contributed by atoms with Crippen molar-refractivity contribution < 1.29 is 35.3 Å². The zero-order valence-corrected chi connectivity index (χ0v) is 24.0. The van der Waals surface area contributed by atoms with Crippen molar-refractivity contribution in [3.63, 3.8) is 0 Å². The lowest BCUT2D eigenvalue weighted by Gasteiger charge is -2.25. The third kappa shape index (κ3) is 6.47. The van der Waals surface area contributed by atoms with Crippen LogP contribution in [-0.4, -0.2) is 42.8 Å². The van der Waals surface area contributed by atoms with Crippen molar-refractivity contribution in [2.45, 2.75) is 42.7 Å². The number of carbonyl (C=O) groups excluding carboxylic acids is 1. The lowest BCUT2D eigenvalue weighted by Crippen LogP contribution is -2.31. The number of halogens is 7. The van der Waals surface area contributed by atoms with Gasteiger partial charge in [-0.1, -0.05) is 47.1 Å². The van der Waals surface area contributed by atoms with Gasteiger partial charge in [-0.15, -0.1) is 5.10 Å². The van der Waals surface area contributed by atoms with E-state index in [2.05, 4.69) is 10.3 Å². The molecule has 1 fully saturated rings. The van der Waals surface area contributed by atoms with E-state index in [0.717, 1.165) is 10.2 Å². The maximum atomic E-state index is 14.0. The van der Waals surface area contributed by atoms with Crippen molar-refractivity contribution >= 4 is 28.3 Å². The molecule has 4 aromatic rings. The zero-order chi connectivity index (χ0) is 31.1. The standard InChI is InChI=1S/C29H23ClF6N4O2S/c1-43(42)21-10-8-18(9-11-21)26-25(27(41)39-12-4-7-24(39)22-5-2-3-6-23(22)30)37-38-40(26)16-17-13-19(28(31,32)33)15-20(14-17)29(34,35)36/h2-3,5-6,8-11,13-15,24H,4,7,12,16H2,1H3/t24-,43?/m1/s1. The highest BCUT2D eigenvalue weighted by molar-refractivity contribution is 7.84. The molecule has 0 aliphatic carbocycles. The largest absolute Gasteiger partial charge is 0.416 e. The van der Waals surface area contributed by atoms with Crippen LogP contribution in [0.2, 0.25) is 5.02 Å². The van der Waals surface area contributed by atoms with Gasteiger partial charge in [-0.2, -0.15) is 26.3 Å². The van der Waals surface area contributed by atoms with Crippen LogP contribution >= 0.6 is 11.6 Å². The Hall–Kier alpha value is -3.71. The fourth-order valence-electron chi connectivity index (χ4n) is 5.16. The summed E-state index contributed by atoms with van der Waals surface area (Å²) in [6.45, 7) is -0.171. The summed E-state index contributed by atoms with van der Waals surface area (Å²) in [6.07, 6.45) is -7.29. The molecule has 6 nitrogen and oxygen atoms in total. The van der Waals surface area contributed by atoms with Crippen molar-refractivity contribution in [1.29, 1.82) is 0 Å². The van der Waals surface area contributed by atoms with Crippen molar-refractivity contribution in [1.82, 2.24) is 19.9 Å². The number of aromatic nitrogens is 3. The molecule has 2 atom stereocenters. The van der Waals surface area contributed by atoms with E-state index in [1.165, 1.54) is 6.26 Å². The molecule has 1 aliphatic heterocycles. The molecule has 1 aromatic heterocycles. The Morgan fingerprint density at radius 2 is 1.60 bits per heavy atom. The van der Waals surface area contributed by atoms with E-state index in [0.29, 0.717) is 47.0 Å². The molecular formula is C29H23ClF6N4O2S. The predicted molar refractivity (Wildman–Crippen MR) is 148 cm³/mol. The molecule has 1 aliphatic rings. The first-order valence-corrected chi connectivity index (χ1v) is 14.9. The Labute approximate surface area is 249 Å². The van der Waals surface area contributed by atoms with Gasteiger partial charge in [0.15, 0.2) is 5.69 Å². The van der Waals surface area contributed by atoms with Crippen LogP contribution in [0.3, 0.4) is 0 Å². The molecular weight excluding hydrogens is 618 g/mol. The summed E-state index contributed by atoms with van der Waals surface area (Å²) in [4.78, 5) is 16.0. The van der Waals surface area contributed by atoms with Gasteiger partial charge >= 0.3 is 12.4 Å². The zero-order valence-electron chi connectivity index (χ0n) is 22.4. The topological polar surface area (TPSA) is 68.1 Å². The van der Waals surface area contributed by atoms with Gasteiger partial charge in [-0.05, 0) is 60.4 Å². The second-order valence-electron chi connectivity index (χ2n) is 10.0. The Bertz CT molecular complexity index is 1660. The first-order chi connectivity index (χ1) is 20.2. The molecule has 43 heavy (non-hydrogen) atoms. The van der Waals surface area contributed by atoms with Crippen LogP contribution in [0.1, 0.15) is 51.6 Å². The average Bonchev–Trinajstić information content (AvgIpc) is 3.60. The van der Waals surface area contributed by atoms with E-state index in [1.54, 1.807) is 47.4 Å². The molecule has 0 bridgehead atoms. The molecule has 0 N–H and O–H groups in total. The van der Waals surface area contributed by atoms with Crippen LogP contribution in [-0.2, 0) is 29.7 Å². The number of benzene rings is 3.